The van der Waals surface area contributed by atoms with E-state index in [4.69, 9.17) is 9.47 Å². The van der Waals surface area contributed by atoms with E-state index in [1.807, 2.05) is 0 Å². The van der Waals surface area contributed by atoms with E-state index >= 15 is 4.39 Å². The lowest BCUT2D eigenvalue weighted by Gasteiger charge is -2.35. The Kier molecular flexibility index (Phi) is 6.68. The maximum atomic E-state index is 15.2. The van der Waals surface area contributed by atoms with Gasteiger partial charge in [0.05, 0.1) is 24.8 Å². The summed E-state index contributed by atoms with van der Waals surface area (Å²) in [7, 11) is 1.35. The Morgan fingerprint density at radius 2 is 1.83 bits per heavy atom. The molecule has 9 nitrogen and oxygen atoms in total. The van der Waals surface area contributed by atoms with Crippen LogP contribution in [0.4, 0.5) is 14.6 Å². The van der Waals surface area contributed by atoms with Crippen LogP contribution in [0.3, 0.4) is 0 Å². The maximum Gasteiger partial charge on any atom is 0.343 e. The molecule has 0 N–H and O–H groups in total. The largest absolute Gasteiger partial charge is 0.494 e. The van der Waals surface area contributed by atoms with Crippen LogP contribution < -0.4 is 15.1 Å². The quantitative estimate of drug-likeness (QED) is 0.512. The standard InChI is InChI=1S/C24H24F2N4O5/c1-4-35-24(33)17-13-30(19-6-5-15(25)11-20(19)34-3)22-16(21(17)32)12-18(26)23(27-22)29-9-7-28(8-10-29)14(2)31/h5-6,11-13H,4,7-10H2,1-3H3. The number of rotatable bonds is 5. The summed E-state index contributed by atoms with van der Waals surface area (Å²) in [6.07, 6.45) is 1.24. The third kappa shape index (κ3) is 4.53. The van der Waals surface area contributed by atoms with Crippen LogP contribution in [0.2, 0.25) is 0 Å². The van der Waals surface area contributed by atoms with Crippen molar-refractivity contribution in [2.24, 2.45) is 0 Å². The van der Waals surface area contributed by atoms with Crippen molar-refractivity contribution in [2.45, 2.75) is 13.8 Å². The Balaban J connectivity index is 1.94. The molecule has 1 fully saturated rings. The first-order valence-corrected chi connectivity index (χ1v) is 11.0. The van der Waals surface area contributed by atoms with Gasteiger partial charge in [-0.05, 0) is 25.1 Å². The van der Waals surface area contributed by atoms with Crippen LogP contribution in [0.25, 0.3) is 16.7 Å². The van der Waals surface area contributed by atoms with E-state index in [1.165, 1.54) is 36.9 Å². The van der Waals surface area contributed by atoms with E-state index < -0.39 is 23.0 Å². The molecular formula is C24H24F2N4O5. The number of carbonyl (C=O) groups excluding carboxylic acids is 2. The average molecular weight is 486 g/mol. The summed E-state index contributed by atoms with van der Waals surface area (Å²) in [5.74, 6) is -2.13. The average Bonchev–Trinajstić information content (AvgIpc) is 2.84. The van der Waals surface area contributed by atoms with Crippen LogP contribution in [-0.2, 0) is 9.53 Å². The highest BCUT2D eigenvalue weighted by Gasteiger charge is 2.26. The van der Waals surface area contributed by atoms with Crippen molar-refractivity contribution in [3.8, 4) is 11.4 Å². The molecule has 1 aromatic carbocycles. The predicted molar refractivity (Wildman–Crippen MR) is 124 cm³/mol. The zero-order valence-corrected chi connectivity index (χ0v) is 19.5. The summed E-state index contributed by atoms with van der Waals surface area (Å²) in [6, 6.07) is 4.78. The second kappa shape index (κ2) is 9.69. The number of carbonyl (C=O) groups is 2. The van der Waals surface area contributed by atoms with Crippen molar-refractivity contribution in [2.75, 3.05) is 44.8 Å². The van der Waals surface area contributed by atoms with Crippen LogP contribution in [0.15, 0.2) is 35.3 Å². The van der Waals surface area contributed by atoms with Gasteiger partial charge in [-0.2, -0.15) is 0 Å². The number of pyridine rings is 2. The number of methoxy groups -OCH3 is 1. The second-order valence-corrected chi connectivity index (χ2v) is 7.94. The molecule has 11 heteroatoms. The van der Waals surface area contributed by atoms with E-state index in [2.05, 4.69) is 4.98 Å². The summed E-state index contributed by atoms with van der Waals surface area (Å²) in [4.78, 5) is 45.1. The molecule has 1 aliphatic rings. The number of anilines is 1. The fourth-order valence-electron chi connectivity index (χ4n) is 4.06. The number of piperazine rings is 1. The first-order valence-electron chi connectivity index (χ1n) is 11.0. The highest BCUT2D eigenvalue weighted by atomic mass is 19.1. The van der Waals surface area contributed by atoms with Crippen molar-refractivity contribution >= 4 is 28.7 Å². The topological polar surface area (TPSA) is 94.0 Å². The van der Waals surface area contributed by atoms with Crippen molar-refractivity contribution in [3.05, 3.63) is 57.9 Å². The number of aromatic nitrogens is 2. The lowest BCUT2D eigenvalue weighted by atomic mass is 10.1. The fourth-order valence-corrected chi connectivity index (χ4v) is 4.06. The van der Waals surface area contributed by atoms with Gasteiger partial charge in [-0.25, -0.2) is 18.6 Å². The summed E-state index contributed by atoms with van der Waals surface area (Å²) in [6.45, 7) is 4.60. The molecular weight excluding hydrogens is 462 g/mol. The molecule has 3 heterocycles. The van der Waals surface area contributed by atoms with Crippen LogP contribution in [-0.4, -0.2) is 66.2 Å². The number of ether oxygens (including phenoxy) is 2. The fraction of sp³-hybridized carbons (Fsp3) is 0.333. The molecule has 0 saturated carbocycles. The van der Waals surface area contributed by atoms with Crippen LogP contribution in [0.1, 0.15) is 24.2 Å². The van der Waals surface area contributed by atoms with Gasteiger partial charge in [0.15, 0.2) is 17.3 Å². The van der Waals surface area contributed by atoms with Gasteiger partial charge in [-0.3, -0.25) is 14.2 Å². The van der Waals surface area contributed by atoms with Crippen molar-refractivity contribution in [1.29, 1.82) is 0 Å². The molecule has 35 heavy (non-hydrogen) atoms. The molecule has 0 spiro atoms. The Labute approximate surface area is 199 Å². The predicted octanol–water partition coefficient (Wildman–Crippen LogP) is 2.52. The first kappa shape index (κ1) is 24.1. The Morgan fingerprint density at radius 3 is 2.46 bits per heavy atom. The molecule has 1 aliphatic heterocycles. The maximum absolute atomic E-state index is 15.2. The molecule has 0 radical (unpaired) electrons. The molecule has 2 aromatic heterocycles. The number of nitrogens with zero attached hydrogens (tertiary/aromatic N) is 4. The van der Waals surface area contributed by atoms with Gasteiger partial charge in [0, 0.05) is 45.4 Å². The van der Waals surface area contributed by atoms with E-state index in [9.17, 15) is 18.8 Å². The van der Waals surface area contributed by atoms with Gasteiger partial charge in [-0.15, -0.1) is 0 Å². The van der Waals surface area contributed by atoms with Gasteiger partial charge in [0.2, 0.25) is 11.3 Å². The molecule has 0 atom stereocenters. The number of hydrogen-bond acceptors (Lipinski definition) is 7. The van der Waals surface area contributed by atoms with Gasteiger partial charge in [0.1, 0.15) is 17.1 Å². The normalized spacial score (nSPS) is 13.7. The third-order valence-electron chi connectivity index (χ3n) is 5.83. The van der Waals surface area contributed by atoms with Crippen molar-refractivity contribution < 1.29 is 27.8 Å². The number of fused-ring (bicyclic) bond motifs is 1. The van der Waals surface area contributed by atoms with E-state index in [0.717, 1.165) is 12.1 Å². The minimum absolute atomic E-state index is 0.00110. The first-order chi connectivity index (χ1) is 16.7. The monoisotopic (exact) mass is 486 g/mol. The Morgan fingerprint density at radius 1 is 1.11 bits per heavy atom. The summed E-state index contributed by atoms with van der Waals surface area (Å²) >= 11 is 0. The van der Waals surface area contributed by atoms with Gasteiger partial charge < -0.3 is 19.3 Å². The zero-order chi connectivity index (χ0) is 25.3. The van der Waals surface area contributed by atoms with Crippen LogP contribution >= 0.6 is 0 Å². The van der Waals surface area contributed by atoms with E-state index in [-0.39, 0.29) is 46.4 Å². The summed E-state index contributed by atoms with van der Waals surface area (Å²) in [5.41, 5.74) is -0.723. The number of benzene rings is 1. The SMILES string of the molecule is CCOC(=O)c1cn(-c2ccc(F)cc2OC)c2nc(N3CCN(C(C)=O)CC3)c(F)cc2c1=O. The summed E-state index contributed by atoms with van der Waals surface area (Å²) < 4.78 is 40.8. The Bertz CT molecular complexity index is 1370. The van der Waals surface area contributed by atoms with Gasteiger partial charge in [-0.1, -0.05) is 0 Å². The van der Waals surface area contributed by atoms with Crippen LogP contribution in [0.5, 0.6) is 5.75 Å². The van der Waals surface area contributed by atoms with Crippen LogP contribution in [0, 0.1) is 11.6 Å². The highest BCUT2D eigenvalue weighted by molar-refractivity contribution is 5.94. The smallest absolute Gasteiger partial charge is 0.343 e. The number of hydrogen-bond donors (Lipinski definition) is 0. The van der Waals surface area contributed by atoms with E-state index in [1.54, 1.807) is 16.7 Å². The van der Waals surface area contributed by atoms with Crippen molar-refractivity contribution in [1.82, 2.24) is 14.5 Å². The zero-order valence-electron chi connectivity index (χ0n) is 19.5. The minimum atomic E-state index is -0.876. The molecule has 184 valence electrons. The number of amides is 1. The minimum Gasteiger partial charge on any atom is -0.494 e. The Hall–Kier alpha value is -4.02. The molecule has 1 saturated heterocycles. The molecule has 3 aromatic rings. The molecule has 4 rings (SSSR count). The van der Waals surface area contributed by atoms with Gasteiger partial charge in [0.25, 0.3) is 0 Å². The highest BCUT2D eigenvalue weighted by Crippen LogP contribution is 2.29. The number of esters is 1. The summed E-state index contributed by atoms with van der Waals surface area (Å²) in [5, 5.41) is -0.148. The molecule has 0 aliphatic carbocycles. The van der Waals surface area contributed by atoms with Gasteiger partial charge >= 0.3 is 5.97 Å². The molecule has 0 unspecified atom stereocenters. The lowest BCUT2D eigenvalue weighted by molar-refractivity contribution is -0.129. The van der Waals surface area contributed by atoms with Crippen molar-refractivity contribution in [3.63, 3.8) is 0 Å². The number of halogens is 2. The lowest BCUT2D eigenvalue weighted by Crippen LogP contribution is -2.48. The third-order valence-corrected chi connectivity index (χ3v) is 5.83. The van der Waals surface area contributed by atoms with E-state index in [0.29, 0.717) is 26.2 Å². The molecule has 1 amide bonds. The second-order valence-electron chi connectivity index (χ2n) is 7.94. The molecule has 0 bridgehead atoms.